The smallest absolute Gasteiger partial charge is 0.136 e. The summed E-state index contributed by atoms with van der Waals surface area (Å²) in [5.41, 5.74) is 7.05. The number of fused-ring (bicyclic) bond motifs is 6. The van der Waals surface area contributed by atoms with Gasteiger partial charge in [0.15, 0.2) is 0 Å². The largest absolute Gasteiger partial charge is 0.456 e. The van der Waals surface area contributed by atoms with Crippen LogP contribution in [0, 0.1) is 0 Å². The van der Waals surface area contributed by atoms with Crippen LogP contribution in [-0.2, 0) is 0 Å². The maximum atomic E-state index is 9.58. The van der Waals surface area contributed by atoms with Crippen molar-refractivity contribution in [1.82, 2.24) is 0 Å². The van der Waals surface area contributed by atoms with Gasteiger partial charge in [0.05, 0.1) is 11.0 Å². The van der Waals surface area contributed by atoms with E-state index in [1.165, 1.54) is 0 Å². The second-order valence-electron chi connectivity index (χ2n) is 13.8. The molecule has 0 saturated carbocycles. The number of benzene rings is 10. The first-order valence-electron chi connectivity index (χ1n) is 22.3. The second kappa shape index (κ2) is 12.7. The van der Waals surface area contributed by atoms with E-state index in [-0.39, 0.29) is 51.3 Å². The summed E-state index contributed by atoms with van der Waals surface area (Å²) >= 11 is 0. The van der Waals surface area contributed by atoms with E-state index < -0.39 is 24.2 Å². The summed E-state index contributed by atoms with van der Waals surface area (Å²) < 4.78 is 80.8. The van der Waals surface area contributed by atoms with Crippen molar-refractivity contribution >= 4 is 54.1 Å². The van der Waals surface area contributed by atoms with Crippen LogP contribution in [0.1, 0.15) is 11.0 Å². The summed E-state index contributed by atoms with van der Waals surface area (Å²) in [6, 6.07) is 48.6. The summed E-state index contributed by atoms with van der Waals surface area (Å²) in [6.45, 7) is 0. The molecule has 0 fully saturated rings. The lowest BCUT2D eigenvalue weighted by molar-refractivity contribution is 0.632. The molecule has 0 bridgehead atoms. The van der Waals surface area contributed by atoms with Gasteiger partial charge in [-0.15, -0.1) is 0 Å². The van der Waals surface area contributed by atoms with Gasteiger partial charge in [-0.2, -0.15) is 0 Å². The predicted octanol–water partition coefficient (Wildman–Crippen LogP) is 15.4. The summed E-state index contributed by atoms with van der Waals surface area (Å²) in [6.07, 6.45) is 0. The predicted molar refractivity (Wildman–Crippen MR) is 233 cm³/mol. The summed E-state index contributed by atoms with van der Waals surface area (Å²) in [4.78, 5) is 0. The van der Waals surface area contributed by atoms with Crippen molar-refractivity contribution in [1.29, 1.82) is 0 Å². The van der Waals surface area contributed by atoms with Crippen LogP contribution in [0.15, 0.2) is 210 Å². The fourth-order valence-corrected chi connectivity index (χ4v) is 8.20. The van der Waals surface area contributed by atoms with Crippen molar-refractivity contribution in [3.8, 4) is 55.8 Å². The number of hydrogen-bond acceptors (Lipinski definition) is 1. The van der Waals surface area contributed by atoms with E-state index in [1.807, 2.05) is 115 Å². The van der Waals surface area contributed by atoms with Crippen LogP contribution in [0.5, 0.6) is 0 Å². The zero-order valence-corrected chi connectivity index (χ0v) is 29.4. The van der Waals surface area contributed by atoms with Gasteiger partial charge in [0.1, 0.15) is 11.3 Å². The lowest BCUT2D eigenvalue weighted by Crippen LogP contribution is -1.92. The Morgan fingerprint density at radius 2 is 0.927 bits per heavy atom. The van der Waals surface area contributed by atoms with Crippen LogP contribution in [0.4, 0.5) is 0 Å². The van der Waals surface area contributed by atoms with Gasteiger partial charge in [0.25, 0.3) is 0 Å². The summed E-state index contributed by atoms with van der Waals surface area (Å²) in [5.74, 6) is 0.495. The molecule has 0 spiro atoms. The number of hydrogen-bond donors (Lipinski definition) is 0. The van der Waals surface area contributed by atoms with E-state index >= 15 is 0 Å². The molecule has 1 heterocycles. The lowest BCUT2D eigenvalue weighted by atomic mass is 9.84. The normalized spacial score (nSPS) is 13.7. The SMILES string of the molecule is [2H]c1c([2H])c([2H])c2c(-c3ccccc3-c3cc4cc(-c5ccccc5)ccc4o3)c3c([2H])c([2H])c([2H])c([2H])c3c(-c3ccc4ccc5c(-c6ccccc6)cccc5c4c3)c2c1[2H]. The van der Waals surface area contributed by atoms with Crippen LogP contribution in [-0.4, -0.2) is 0 Å². The van der Waals surface area contributed by atoms with Gasteiger partial charge in [-0.05, 0) is 112 Å². The molecule has 256 valence electrons. The van der Waals surface area contributed by atoms with Crippen LogP contribution >= 0.6 is 0 Å². The van der Waals surface area contributed by atoms with Gasteiger partial charge < -0.3 is 4.42 Å². The Hall–Kier alpha value is -7.22. The van der Waals surface area contributed by atoms with Gasteiger partial charge in [-0.25, -0.2) is 0 Å². The number of rotatable bonds is 5. The quantitative estimate of drug-likeness (QED) is 0.128. The average Bonchev–Trinajstić information content (AvgIpc) is 3.76. The standard InChI is InChI=1S/C54H34O/c1-3-14-35(15-4-1)38-29-31-51-40(32-38)34-52(55-51)44-18-7-8-19-45(44)54-48-22-11-9-20-46(48)53(47-21-10-12-23-49(47)54)39-27-26-37-28-30-43-41(36-16-5-2-6-17-36)24-13-25-42(43)50(37)33-39/h1-34H/i9D,10D,11D,12D,20D,21D,22D,23D. The van der Waals surface area contributed by atoms with Crippen molar-refractivity contribution in [2.45, 2.75) is 0 Å². The molecule has 1 heteroatoms. The first-order chi connectivity index (χ1) is 30.6. The van der Waals surface area contributed by atoms with Gasteiger partial charge in [0, 0.05) is 10.9 Å². The molecule has 0 amide bonds. The van der Waals surface area contributed by atoms with Crippen LogP contribution in [0.25, 0.3) is 110 Å². The minimum atomic E-state index is -0.451. The molecule has 0 radical (unpaired) electrons. The van der Waals surface area contributed by atoms with Crippen molar-refractivity contribution in [2.75, 3.05) is 0 Å². The Labute approximate surface area is 330 Å². The summed E-state index contributed by atoms with van der Waals surface area (Å²) in [5, 5.41) is 5.30. The Kier molecular flexibility index (Phi) is 5.59. The molecule has 1 aromatic heterocycles. The molecule has 0 N–H and O–H groups in total. The van der Waals surface area contributed by atoms with Gasteiger partial charge in [0.2, 0.25) is 0 Å². The molecule has 0 unspecified atom stereocenters. The fourth-order valence-electron chi connectivity index (χ4n) is 8.20. The van der Waals surface area contributed by atoms with Crippen LogP contribution < -0.4 is 0 Å². The van der Waals surface area contributed by atoms with Crippen molar-refractivity contribution < 1.29 is 15.4 Å². The highest BCUT2D eigenvalue weighted by atomic mass is 16.3. The van der Waals surface area contributed by atoms with Gasteiger partial charge in [-0.3, -0.25) is 0 Å². The third-order valence-corrected chi connectivity index (χ3v) is 10.7. The first-order valence-corrected chi connectivity index (χ1v) is 18.3. The molecule has 1 nitrogen and oxygen atoms in total. The van der Waals surface area contributed by atoms with Crippen LogP contribution in [0.3, 0.4) is 0 Å². The minimum absolute atomic E-state index is 0.146. The number of furan rings is 1. The third-order valence-electron chi connectivity index (χ3n) is 10.7. The van der Waals surface area contributed by atoms with E-state index in [4.69, 9.17) is 9.90 Å². The fraction of sp³-hybridized carbons (Fsp3) is 0. The zero-order valence-electron chi connectivity index (χ0n) is 37.4. The monoisotopic (exact) mass is 706 g/mol. The van der Waals surface area contributed by atoms with E-state index in [9.17, 15) is 5.48 Å². The Morgan fingerprint density at radius 3 is 1.65 bits per heavy atom. The second-order valence-corrected chi connectivity index (χ2v) is 13.8. The summed E-state index contributed by atoms with van der Waals surface area (Å²) in [7, 11) is 0. The van der Waals surface area contributed by atoms with Crippen molar-refractivity contribution in [3.63, 3.8) is 0 Å². The Bertz CT molecular complexity index is 3630. The van der Waals surface area contributed by atoms with Crippen molar-refractivity contribution in [2.24, 2.45) is 0 Å². The van der Waals surface area contributed by atoms with E-state index in [2.05, 4.69) is 42.5 Å². The van der Waals surface area contributed by atoms with E-state index in [0.29, 0.717) is 33.6 Å². The molecule has 0 atom stereocenters. The molecule has 55 heavy (non-hydrogen) atoms. The highest BCUT2D eigenvalue weighted by Crippen LogP contribution is 2.47. The zero-order chi connectivity index (χ0) is 43.3. The molecule has 11 aromatic rings. The van der Waals surface area contributed by atoms with E-state index in [0.717, 1.165) is 49.2 Å². The van der Waals surface area contributed by atoms with Crippen molar-refractivity contribution in [3.05, 3.63) is 206 Å². The highest BCUT2D eigenvalue weighted by Gasteiger charge is 2.21. The first kappa shape index (κ1) is 24.2. The highest BCUT2D eigenvalue weighted by molar-refractivity contribution is 6.23. The molecule has 11 rings (SSSR count). The third kappa shape index (κ3) is 5.16. The van der Waals surface area contributed by atoms with Crippen LogP contribution in [0.2, 0.25) is 0 Å². The maximum absolute atomic E-state index is 9.58. The molecule has 0 aliphatic heterocycles. The lowest BCUT2D eigenvalue weighted by Gasteiger charge is -2.19. The Morgan fingerprint density at radius 1 is 0.327 bits per heavy atom. The molecule has 10 aromatic carbocycles. The van der Waals surface area contributed by atoms with Gasteiger partial charge >= 0.3 is 0 Å². The Balaban J connectivity index is 1.25. The topological polar surface area (TPSA) is 13.1 Å². The molecule has 0 aliphatic carbocycles. The average molecular weight is 707 g/mol. The minimum Gasteiger partial charge on any atom is -0.456 e. The molecular weight excluding hydrogens is 665 g/mol. The van der Waals surface area contributed by atoms with E-state index in [1.54, 1.807) is 0 Å². The molecule has 0 aliphatic rings. The maximum Gasteiger partial charge on any atom is 0.136 e. The molecule has 0 saturated heterocycles. The van der Waals surface area contributed by atoms with Gasteiger partial charge in [-0.1, -0.05) is 182 Å². The molecular formula is C54H34O.